The van der Waals surface area contributed by atoms with Crippen molar-refractivity contribution in [1.29, 1.82) is 0 Å². The molecule has 0 aromatic carbocycles. The Morgan fingerprint density at radius 3 is 2.36 bits per heavy atom. The van der Waals surface area contributed by atoms with E-state index in [1.54, 1.807) is 0 Å². The third kappa shape index (κ3) is 6.70. The summed E-state index contributed by atoms with van der Waals surface area (Å²) in [5.74, 6) is 2.81. The van der Waals surface area contributed by atoms with Gasteiger partial charge >= 0.3 is 0 Å². The summed E-state index contributed by atoms with van der Waals surface area (Å²) in [6.45, 7) is 10.2. The minimum absolute atomic E-state index is 0.791. The molecule has 1 nitrogen and oxygen atoms in total. The third-order valence-electron chi connectivity index (χ3n) is 1.95. The first-order valence-corrected chi connectivity index (χ1v) is 5.51. The molecule has 0 aromatic rings. The van der Waals surface area contributed by atoms with Crippen molar-refractivity contribution in [2.75, 3.05) is 12.3 Å². The minimum Gasteiger partial charge on any atom is -0.264 e. The van der Waals surface area contributed by atoms with Crippen LogP contribution in [0.3, 0.4) is 0 Å². The highest BCUT2D eigenvalue weighted by atomic mass is 32.2. The molecule has 0 aliphatic rings. The average Bonchev–Trinajstić information content (AvgIpc) is 1.97. The van der Waals surface area contributed by atoms with Crippen molar-refractivity contribution in [3.05, 3.63) is 0 Å². The second kappa shape index (κ2) is 6.99. The van der Waals surface area contributed by atoms with Crippen molar-refractivity contribution in [1.82, 2.24) is 4.72 Å². The van der Waals surface area contributed by atoms with E-state index in [9.17, 15) is 0 Å². The second-order valence-corrected chi connectivity index (χ2v) is 4.40. The van der Waals surface area contributed by atoms with E-state index in [4.69, 9.17) is 0 Å². The Kier molecular flexibility index (Phi) is 7.18. The summed E-state index contributed by atoms with van der Waals surface area (Å²) in [7, 11) is 0. The number of hydrogen-bond donors (Lipinski definition) is 1. The van der Waals surface area contributed by atoms with Crippen molar-refractivity contribution in [2.45, 2.75) is 34.1 Å². The summed E-state index contributed by atoms with van der Waals surface area (Å²) >= 11 is 1.85. The molecule has 0 aromatic heterocycles. The van der Waals surface area contributed by atoms with Gasteiger partial charge < -0.3 is 0 Å². The molecule has 1 N–H and O–H groups in total. The Morgan fingerprint density at radius 1 is 1.27 bits per heavy atom. The molecule has 0 heterocycles. The van der Waals surface area contributed by atoms with Gasteiger partial charge in [-0.15, -0.1) is 0 Å². The predicted molar refractivity (Wildman–Crippen MR) is 54.8 cm³/mol. The van der Waals surface area contributed by atoms with Crippen LogP contribution >= 0.6 is 11.9 Å². The second-order valence-electron chi connectivity index (χ2n) is 3.42. The van der Waals surface area contributed by atoms with Gasteiger partial charge in [-0.25, -0.2) is 0 Å². The summed E-state index contributed by atoms with van der Waals surface area (Å²) in [5.41, 5.74) is 0. The van der Waals surface area contributed by atoms with E-state index in [1.165, 1.54) is 12.2 Å². The van der Waals surface area contributed by atoms with Crippen molar-refractivity contribution in [3.8, 4) is 0 Å². The van der Waals surface area contributed by atoms with E-state index < -0.39 is 0 Å². The molecule has 1 atom stereocenters. The van der Waals surface area contributed by atoms with Gasteiger partial charge in [0.15, 0.2) is 0 Å². The zero-order valence-electron chi connectivity index (χ0n) is 8.18. The normalized spacial score (nSPS) is 13.9. The van der Waals surface area contributed by atoms with Crippen LogP contribution in [-0.4, -0.2) is 12.3 Å². The van der Waals surface area contributed by atoms with Crippen LogP contribution < -0.4 is 4.72 Å². The van der Waals surface area contributed by atoms with Crippen LogP contribution in [0.4, 0.5) is 0 Å². The molecule has 0 aliphatic heterocycles. The van der Waals surface area contributed by atoms with E-state index in [-0.39, 0.29) is 0 Å². The fraction of sp³-hybridized carbons (Fsp3) is 1.00. The topological polar surface area (TPSA) is 12.0 Å². The molecule has 0 rings (SSSR count). The third-order valence-corrected chi connectivity index (χ3v) is 2.93. The zero-order chi connectivity index (χ0) is 8.69. The van der Waals surface area contributed by atoms with Crippen LogP contribution in [0.1, 0.15) is 34.1 Å². The smallest absolute Gasteiger partial charge is 0.00866 e. The maximum atomic E-state index is 3.38. The van der Waals surface area contributed by atoms with E-state index in [0.29, 0.717) is 0 Å². The predicted octanol–water partition coefficient (Wildman–Crippen LogP) is 2.93. The lowest BCUT2D eigenvalue weighted by Gasteiger charge is -2.15. The summed E-state index contributed by atoms with van der Waals surface area (Å²) in [4.78, 5) is 0. The first-order valence-electron chi connectivity index (χ1n) is 4.53. The standard InChI is InChI=1S/C9H21NS/c1-5-6-11-10-7-9(4)8(2)3/h8-10H,5-7H2,1-4H3. The molecular weight excluding hydrogens is 154 g/mol. The maximum absolute atomic E-state index is 3.38. The molecule has 0 aliphatic carbocycles. The molecule has 0 fully saturated rings. The number of hydrogen-bond acceptors (Lipinski definition) is 2. The van der Waals surface area contributed by atoms with E-state index >= 15 is 0 Å². The van der Waals surface area contributed by atoms with E-state index in [0.717, 1.165) is 18.4 Å². The SMILES string of the molecule is CCCSNCC(C)C(C)C. The van der Waals surface area contributed by atoms with Gasteiger partial charge in [-0.2, -0.15) is 0 Å². The Bertz CT molecular complexity index is 83.6. The summed E-state index contributed by atoms with van der Waals surface area (Å²) < 4.78 is 3.38. The highest BCUT2D eigenvalue weighted by molar-refractivity contribution is 7.97. The molecule has 1 unspecified atom stereocenters. The highest BCUT2D eigenvalue weighted by Crippen LogP contribution is 2.09. The van der Waals surface area contributed by atoms with Gasteiger partial charge in [0.05, 0.1) is 0 Å². The van der Waals surface area contributed by atoms with E-state index in [1.807, 2.05) is 11.9 Å². The van der Waals surface area contributed by atoms with E-state index in [2.05, 4.69) is 32.4 Å². The lowest BCUT2D eigenvalue weighted by Crippen LogP contribution is -2.19. The Hall–Kier alpha value is 0.310. The van der Waals surface area contributed by atoms with Crippen molar-refractivity contribution in [3.63, 3.8) is 0 Å². The quantitative estimate of drug-likeness (QED) is 0.492. The van der Waals surface area contributed by atoms with Crippen LogP contribution in [0.2, 0.25) is 0 Å². The lowest BCUT2D eigenvalue weighted by atomic mass is 9.99. The van der Waals surface area contributed by atoms with Gasteiger partial charge in [0.25, 0.3) is 0 Å². The van der Waals surface area contributed by atoms with Crippen molar-refractivity contribution < 1.29 is 0 Å². The van der Waals surface area contributed by atoms with Crippen molar-refractivity contribution >= 4 is 11.9 Å². The van der Waals surface area contributed by atoms with Gasteiger partial charge in [0.2, 0.25) is 0 Å². The van der Waals surface area contributed by atoms with Gasteiger partial charge in [-0.05, 0) is 18.3 Å². The Labute approximate surface area is 75.5 Å². The molecule has 11 heavy (non-hydrogen) atoms. The van der Waals surface area contributed by atoms with Gasteiger partial charge in [0.1, 0.15) is 0 Å². The Morgan fingerprint density at radius 2 is 1.91 bits per heavy atom. The lowest BCUT2D eigenvalue weighted by molar-refractivity contribution is 0.420. The van der Waals surface area contributed by atoms with Gasteiger partial charge in [0, 0.05) is 12.3 Å². The Balaban J connectivity index is 3.10. The highest BCUT2D eigenvalue weighted by Gasteiger charge is 2.05. The average molecular weight is 175 g/mol. The maximum Gasteiger partial charge on any atom is 0.00866 e. The minimum atomic E-state index is 0.791. The monoisotopic (exact) mass is 175 g/mol. The summed E-state index contributed by atoms with van der Waals surface area (Å²) in [6, 6.07) is 0. The van der Waals surface area contributed by atoms with Crippen LogP contribution in [-0.2, 0) is 0 Å². The molecule has 0 saturated carbocycles. The molecule has 68 valence electrons. The first kappa shape index (κ1) is 11.3. The molecule has 0 amide bonds. The van der Waals surface area contributed by atoms with Gasteiger partial charge in [-0.3, -0.25) is 4.72 Å². The number of rotatable bonds is 6. The summed E-state index contributed by atoms with van der Waals surface area (Å²) in [6.07, 6.45) is 1.26. The van der Waals surface area contributed by atoms with Crippen molar-refractivity contribution in [2.24, 2.45) is 11.8 Å². The fourth-order valence-corrected chi connectivity index (χ4v) is 1.33. The van der Waals surface area contributed by atoms with Gasteiger partial charge in [-0.1, -0.05) is 39.6 Å². The molecule has 0 spiro atoms. The molecule has 0 radical (unpaired) electrons. The number of nitrogens with one attached hydrogen (secondary N) is 1. The summed E-state index contributed by atoms with van der Waals surface area (Å²) in [5, 5.41) is 0. The fourth-order valence-electron chi connectivity index (χ4n) is 0.600. The van der Waals surface area contributed by atoms with Crippen LogP contribution in [0.25, 0.3) is 0 Å². The van der Waals surface area contributed by atoms with Crippen LogP contribution in [0.5, 0.6) is 0 Å². The van der Waals surface area contributed by atoms with Crippen LogP contribution in [0.15, 0.2) is 0 Å². The zero-order valence-corrected chi connectivity index (χ0v) is 9.00. The first-order chi connectivity index (χ1) is 5.18. The molecular formula is C9H21NS. The largest absolute Gasteiger partial charge is 0.264 e. The molecule has 2 heteroatoms. The molecule has 0 bridgehead atoms. The molecule has 0 saturated heterocycles. The van der Waals surface area contributed by atoms with Crippen LogP contribution in [0, 0.1) is 11.8 Å².